The SMILES string of the molecule is O=C(COc1ccc(Cl)cc1)N1CCN(C(=O)[C@@H]2COc3ccccc3O2)CC1. The van der Waals surface area contributed by atoms with Gasteiger partial charge in [-0.3, -0.25) is 9.59 Å². The van der Waals surface area contributed by atoms with Gasteiger partial charge < -0.3 is 24.0 Å². The third-order valence-electron chi connectivity index (χ3n) is 4.90. The fourth-order valence-corrected chi connectivity index (χ4v) is 3.41. The van der Waals surface area contributed by atoms with E-state index in [0.29, 0.717) is 48.5 Å². The first-order valence-electron chi connectivity index (χ1n) is 9.43. The Balaban J connectivity index is 1.25. The summed E-state index contributed by atoms with van der Waals surface area (Å²) in [4.78, 5) is 28.6. The van der Waals surface area contributed by atoms with Crippen molar-refractivity contribution < 1.29 is 23.8 Å². The molecule has 1 atom stereocenters. The summed E-state index contributed by atoms with van der Waals surface area (Å²) in [7, 11) is 0. The molecule has 0 radical (unpaired) electrons. The molecule has 0 bridgehead atoms. The number of benzene rings is 2. The number of fused-ring (bicyclic) bond motifs is 1. The molecule has 2 heterocycles. The van der Waals surface area contributed by atoms with E-state index in [2.05, 4.69) is 0 Å². The summed E-state index contributed by atoms with van der Waals surface area (Å²) in [5.41, 5.74) is 0. The molecule has 2 aliphatic rings. The van der Waals surface area contributed by atoms with Crippen molar-refractivity contribution >= 4 is 23.4 Å². The molecule has 2 aliphatic heterocycles. The second-order valence-corrected chi connectivity index (χ2v) is 7.25. The molecule has 152 valence electrons. The lowest BCUT2D eigenvalue weighted by atomic mass is 10.2. The van der Waals surface area contributed by atoms with E-state index in [1.54, 1.807) is 40.1 Å². The maximum absolute atomic E-state index is 12.8. The van der Waals surface area contributed by atoms with Crippen LogP contribution in [0.3, 0.4) is 0 Å². The second-order valence-electron chi connectivity index (χ2n) is 6.81. The van der Waals surface area contributed by atoms with Crippen LogP contribution in [-0.2, 0) is 9.59 Å². The third kappa shape index (κ3) is 4.56. The van der Waals surface area contributed by atoms with Gasteiger partial charge >= 0.3 is 0 Å². The molecule has 7 nitrogen and oxygen atoms in total. The Morgan fingerprint density at radius 2 is 1.62 bits per heavy atom. The summed E-state index contributed by atoms with van der Waals surface area (Å²) in [6, 6.07) is 14.1. The van der Waals surface area contributed by atoms with E-state index in [4.69, 9.17) is 25.8 Å². The monoisotopic (exact) mass is 416 g/mol. The minimum atomic E-state index is -0.666. The molecule has 2 amide bonds. The smallest absolute Gasteiger partial charge is 0.267 e. The van der Waals surface area contributed by atoms with Crippen LogP contribution in [0.4, 0.5) is 0 Å². The molecule has 0 N–H and O–H groups in total. The van der Waals surface area contributed by atoms with Crippen LogP contribution < -0.4 is 14.2 Å². The minimum Gasteiger partial charge on any atom is -0.485 e. The van der Waals surface area contributed by atoms with Gasteiger partial charge in [-0.2, -0.15) is 0 Å². The van der Waals surface area contributed by atoms with Crippen LogP contribution in [0.1, 0.15) is 0 Å². The molecule has 1 saturated heterocycles. The van der Waals surface area contributed by atoms with E-state index in [-0.39, 0.29) is 25.0 Å². The number of carbonyl (C=O) groups is 2. The highest BCUT2D eigenvalue weighted by Gasteiger charge is 2.33. The van der Waals surface area contributed by atoms with Crippen LogP contribution in [0.25, 0.3) is 0 Å². The maximum atomic E-state index is 12.8. The topological polar surface area (TPSA) is 68.3 Å². The summed E-state index contributed by atoms with van der Waals surface area (Å²) < 4.78 is 16.9. The minimum absolute atomic E-state index is 0.0497. The lowest BCUT2D eigenvalue weighted by molar-refractivity contribution is -0.146. The zero-order valence-electron chi connectivity index (χ0n) is 15.8. The lowest BCUT2D eigenvalue weighted by Gasteiger charge is -2.37. The van der Waals surface area contributed by atoms with Gasteiger partial charge in [0.1, 0.15) is 12.4 Å². The van der Waals surface area contributed by atoms with E-state index in [1.807, 2.05) is 18.2 Å². The van der Waals surface area contributed by atoms with Crippen LogP contribution in [-0.4, -0.2) is 67.1 Å². The molecular formula is C21H21ClN2O5. The molecule has 0 saturated carbocycles. The fraction of sp³-hybridized carbons (Fsp3) is 0.333. The Kier molecular flexibility index (Phi) is 5.76. The van der Waals surface area contributed by atoms with Crippen LogP contribution in [0.5, 0.6) is 17.2 Å². The van der Waals surface area contributed by atoms with Crippen molar-refractivity contribution in [2.75, 3.05) is 39.4 Å². The van der Waals surface area contributed by atoms with Crippen molar-refractivity contribution in [1.82, 2.24) is 9.80 Å². The zero-order valence-corrected chi connectivity index (χ0v) is 16.5. The summed E-state index contributed by atoms with van der Waals surface area (Å²) in [5.74, 6) is 1.58. The molecule has 0 unspecified atom stereocenters. The predicted octanol–water partition coefficient (Wildman–Crippen LogP) is 2.23. The van der Waals surface area contributed by atoms with E-state index in [1.165, 1.54) is 0 Å². The largest absolute Gasteiger partial charge is 0.485 e. The Labute approximate surface area is 173 Å². The molecule has 0 spiro atoms. The second kappa shape index (κ2) is 8.61. The van der Waals surface area contributed by atoms with Gasteiger partial charge in [-0.05, 0) is 36.4 Å². The number of hydrogen-bond donors (Lipinski definition) is 0. The Bertz CT molecular complexity index is 881. The van der Waals surface area contributed by atoms with Crippen LogP contribution in [0.15, 0.2) is 48.5 Å². The number of piperazine rings is 1. The molecule has 8 heteroatoms. The average molecular weight is 417 g/mol. The lowest BCUT2D eigenvalue weighted by Crippen LogP contribution is -2.55. The van der Waals surface area contributed by atoms with Gasteiger partial charge in [0.25, 0.3) is 11.8 Å². The summed E-state index contributed by atoms with van der Waals surface area (Å²) in [5, 5.41) is 0.611. The first kappa shape index (κ1) is 19.4. The maximum Gasteiger partial charge on any atom is 0.267 e. The van der Waals surface area contributed by atoms with Gasteiger partial charge in [0.2, 0.25) is 6.10 Å². The Hall–Kier alpha value is -2.93. The van der Waals surface area contributed by atoms with Gasteiger partial charge in [-0.1, -0.05) is 23.7 Å². The molecule has 0 aromatic heterocycles. The third-order valence-corrected chi connectivity index (χ3v) is 5.16. The first-order chi connectivity index (χ1) is 14.1. The van der Waals surface area contributed by atoms with Crippen molar-refractivity contribution in [1.29, 1.82) is 0 Å². The molecule has 0 aliphatic carbocycles. The summed E-state index contributed by atoms with van der Waals surface area (Å²) in [6.07, 6.45) is -0.666. The molecule has 29 heavy (non-hydrogen) atoms. The first-order valence-corrected chi connectivity index (χ1v) is 9.81. The standard InChI is InChI=1S/C21H21ClN2O5/c22-15-5-7-16(8-6-15)27-14-20(25)23-9-11-24(12-10-23)21(26)19-13-28-17-3-1-2-4-18(17)29-19/h1-8,19H,9-14H2/t19-/m0/s1. The van der Waals surface area contributed by atoms with Gasteiger partial charge in [0.05, 0.1) is 0 Å². The number of hydrogen-bond acceptors (Lipinski definition) is 5. The van der Waals surface area contributed by atoms with Crippen LogP contribution >= 0.6 is 11.6 Å². The van der Waals surface area contributed by atoms with Crippen molar-refractivity contribution in [2.45, 2.75) is 6.10 Å². The molecule has 1 fully saturated rings. The number of rotatable bonds is 4. The van der Waals surface area contributed by atoms with Crippen molar-refractivity contribution in [2.24, 2.45) is 0 Å². The average Bonchev–Trinajstić information content (AvgIpc) is 2.78. The summed E-state index contributed by atoms with van der Waals surface area (Å²) in [6.45, 7) is 1.95. The van der Waals surface area contributed by atoms with Gasteiger partial charge in [-0.25, -0.2) is 0 Å². The predicted molar refractivity (Wildman–Crippen MR) is 106 cm³/mol. The van der Waals surface area contributed by atoms with E-state index in [0.717, 1.165) is 0 Å². The molecule has 4 rings (SSSR count). The van der Waals surface area contributed by atoms with Crippen molar-refractivity contribution in [3.8, 4) is 17.2 Å². The number of para-hydroxylation sites is 2. The van der Waals surface area contributed by atoms with E-state index in [9.17, 15) is 9.59 Å². The van der Waals surface area contributed by atoms with E-state index >= 15 is 0 Å². The molecule has 2 aromatic carbocycles. The fourth-order valence-electron chi connectivity index (χ4n) is 3.29. The zero-order chi connectivity index (χ0) is 20.2. The molecule has 2 aromatic rings. The number of ether oxygens (including phenoxy) is 3. The van der Waals surface area contributed by atoms with Crippen LogP contribution in [0.2, 0.25) is 5.02 Å². The number of amides is 2. The number of halogens is 1. The van der Waals surface area contributed by atoms with Gasteiger partial charge in [0.15, 0.2) is 18.1 Å². The highest BCUT2D eigenvalue weighted by atomic mass is 35.5. The number of nitrogens with zero attached hydrogens (tertiary/aromatic N) is 2. The van der Waals surface area contributed by atoms with E-state index < -0.39 is 6.10 Å². The molecular weight excluding hydrogens is 396 g/mol. The highest BCUT2D eigenvalue weighted by Crippen LogP contribution is 2.31. The van der Waals surface area contributed by atoms with Crippen molar-refractivity contribution in [3.05, 3.63) is 53.6 Å². The van der Waals surface area contributed by atoms with Gasteiger partial charge in [0, 0.05) is 31.2 Å². The Morgan fingerprint density at radius 3 is 2.34 bits per heavy atom. The highest BCUT2D eigenvalue weighted by molar-refractivity contribution is 6.30. The summed E-state index contributed by atoms with van der Waals surface area (Å²) >= 11 is 5.84. The Morgan fingerprint density at radius 1 is 0.966 bits per heavy atom. The van der Waals surface area contributed by atoms with Gasteiger partial charge in [-0.15, -0.1) is 0 Å². The normalized spacial score (nSPS) is 18.3. The van der Waals surface area contributed by atoms with Crippen molar-refractivity contribution in [3.63, 3.8) is 0 Å². The quantitative estimate of drug-likeness (QED) is 0.764. The van der Waals surface area contributed by atoms with Crippen LogP contribution in [0, 0.1) is 0 Å². The number of carbonyl (C=O) groups excluding carboxylic acids is 2.